The largest absolute Gasteiger partial charge is 0.354 e. The summed E-state index contributed by atoms with van der Waals surface area (Å²) in [6, 6.07) is 0. The highest BCUT2D eigenvalue weighted by atomic mass is 127. The number of rotatable bonds is 3. The fraction of sp³-hybridized carbons (Fsp3) is 0.867. The maximum Gasteiger partial charge on any atom is 0.225 e. The number of halogens is 1. The Balaban J connectivity index is 0.00000441. The molecule has 7 heteroatoms. The van der Waals surface area contributed by atoms with Gasteiger partial charge in [0.05, 0.1) is 0 Å². The molecular weight excluding hydrogens is 411 g/mol. The first-order valence-electron chi connectivity index (χ1n) is 7.53. The SMILES string of the molecule is CN=C(NCCNC(=O)C(C)(C)C)N1CCSC(C)(C)C1.I. The van der Waals surface area contributed by atoms with Gasteiger partial charge in [-0.05, 0) is 13.8 Å². The zero-order chi connectivity index (χ0) is 16.1. The molecule has 1 aliphatic heterocycles. The summed E-state index contributed by atoms with van der Waals surface area (Å²) in [4.78, 5) is 18.4. The molecule has 5 nitrogen and oxygen atoms in total. The number of amides is 1. The Morgan fingerprint density at radius 1 is 1.27 bits per heavy atom. The summed E-state index contributed by atoms with van der Waals surface area (Å²) >= 11 is 2.01. The molecular formula is C15H31IN4OS. The summed E-state index contributed by atoms with van der Waals surface area (Å²) in [7, 11) is 1.81. The van der Waals surface area contributed by atoms with E-state index < -0.39 is 0 Å². The van der Waals surface area contributed by atoms with Crippen molar-refractivity contribution in [1.82, 2.24) is 15.5 Å². The Hall–Kier alpha value is -0.180. The molecule has 0 radical (unpaired) electrons. The lowest BCUT2D eigenvalue weighted by Gasteiger charge is -2.39. The quantitative estimate of drug-likeness (QED) is 0.305. The second kappa shape index (κ2) is 9.20. The van der Waals surface area contributed by atoms with Gasteiger partial charge in [-0.2, -0.15) is 11.8 Å². The van der Waals surface area contributed by atoms with Crippen LogP contribution in [0.5, 0.6) is 0 Å². The number of hydrogen-bond donors (Lipinski definition) is 2. The number of carbonyl (C=O) groups is 1. The van der Waals surface area contributed by atoms with Gasteiger partial charge in [-0.15, -0.1) is 24.0 Å². The maximum absolute atomic E-state index is 11.8. The number of thioether (sulfide) groups is 1. The van der Waals surface area contributed by atoms with Gasteiger partial charge in [-0.3, -0.25) is 9.79 Å². The van der Waals surface area contributed by atoms with Crippen LogP contribution in [0.15, 0.2) is 4.99 Å². The van der Waals surface area contributed by atoms with E-state index in [1.54, 1.807) is 0 Å². The van der Waals surface area contributed by atoms with Crippen molar-refractivity contribution in [2.24, 2.45) is 10.4 Å². The van der Waals surface area contributed by atoms with Crippen molar-refractivity contribution < 1.29 is 4.79 Å². The molecule has 1 heterocycles. The van der Waals surface area contributed by atoms with Gasteiger partial charge in [-0.25, -0.2) is 0 Å². The van der Waals surface area contributed by atoms with Gasteiger partial charge in [0.15, 0.2) is 5.96 Å². The van der Waals surface area contributed by atoms with Crippen LogP contribution in [0.4, 0.5) is 0 Å². The summed E-state index contributed by atoms with van der Waals surface area (Å²) in [5, 5.41) is 6.28. The van der Waals surface area contributed by atoms with Crippen LogP contribution in [0.25, 0.3) is 0 Å². The first-order chi connectivity index (χ1) is 9.65. The smallest absolute Gasteiger partial charge is 0.225 e. The molecule has 1 saturated heterocycles. The lowest BCUT2D eigenvalue weighted by molar-refractivity contribution is -0.128. The van der Waals surface area contributed by atoms with Crippen molar-refractivity contribution in [2.45, 2.75) is 39.4 Å². The molecule has 2 N–H and O–H groups in total. The van der Waals surface area contributed by atoms with Crippen LogP contribution in [0.3, 0.4) is 0 Å². The van der Waals surface area contributed by atoms with E-state index in [0.717, 1.165) is 24.8 Å². The van der Waals surface area contributed by atoms with Crippen LogP contribution in [0, 0.1) is 5.41 Å². The summed E-state index contributed by atoms with van der Waals surface area (Å²) in [5.41, 5.74) is -0.338. The molecule has 1 amide bonds. The summed E-state index contributed by atoms with van der Waals surface area (Å²) in [6.07, 6.45) is 0. The highest BCUT2D eigenvalue weighted by Crippen LogP contribution is 2.29. The van der Waals surface area contributed by atoms with Gasteiger partial charge in [0, 0.05) is 49.1 Å². The van der Waals surface area contributed by atoms with Gasteiger partial charge in [-0.1, -0.05) is 20.8 Å². The standard InChI is InChI=1S/C15H30N4OS.HI/c1-14(2,3)12(20)17-7-8-18-13(16-6)19-9-10-21-15(4,5)11-19;/h7-11H2,1-6H3,(H,16,18)(H,17,20);1H. The minimum Gasteiger partial charge on any atom is -0.354 e. The van der Waals surface area contributed by atoms with E-state index in [1.165, 1.54) is 0 Å². The normalized spacial score (nSPS) is 18.5. The Morgan fingerprint density at radius 2 is 1.86 bits per heavy atom. The topological polar surface area (TPSA) is 56.7 Å². The van der Waals surface area contributed by atoms with E-state index in [9.17, 15) is 4.79 Å². The molecule has 22 heavy (non-hydrogen) atoms. The number of guanidine groups is 1. The lowest BCUT2D eigenvalue weighted by atomic mass is 9.96. The van der Waals surface area contributed by atoms with Gasteiger partial charge >= 0.3 is 0 Å². The predicted octanol–water partition coefficient (Wildman–Crippen LogP) is 2.17. The Kier molecular flexibility index (Phi) is 9.12. The molecule has 0 aromatic heterocycles. The molecule has 0 aromatic rings. The molecule has 130 valence electrons. The molecule has 0 atom stereocenters. The third-order valence-electron chi connectivity index (χ3n) is 3.31. The predicted molar refractivity (Wildman–Crippen MR) is 107 cm³/mol. The molecule has 0 saturated carbocycles. The van der Waals surface area contributed by atoms with E-state index >= 15 is 0 Å². The monoisotopic (exact) mass is 442 g/mol. The third kappa shape index (κ3) is 7.39. The molecule has 1 fully saturated rings. The van der Waals surface area contributed by atoms with Crippen molar-refractivity contribution in [1.29, 1.82) is 0 Å². The van der Waals surface area contributed by atoms with Gasteiger partial charge in [0.25, 0.3) is 0 Å². The van der Waals surface area contributed by atoms with Gasteiger partial charge in [0.1, 0.15) is 0 Å². The van der Waals surface area contributed by atoms with Gasteiger partial charge < -0.3 is 15.5 Å². The average Bonchev–Trinajstić information content (AvgIpc) is 2.36. The first kappa shape index (κ1) is 21.8. The van der Waals surface area contributed by atoms with Crippen LogP contribution < -0.4 is 10.6 Å². The minimum atomic E-state index is -0.338. The Morgan fingerprint density at radius 3 is 2.36 bits per heavy atom. The molecule has 0 bridgehead atoms. The average molecular weight is 442 g/mol. The second-order valence-electron chi connectivity index (χ2n) is 7.01. The Bertz CT molecular complexity index is 393. The first-order valence-corrected chi connectivity index (χ1v) is 8.52. The molecule has 1 rings (SSSR count). The van der Waals surface area contributed by atoms with Crippen molar-refractivity contribution >= 4 is 47.6 Å². The summed E-state index contributed by atoms with van der Waals surface area (Å²) in [5.74, 6) is 2.12. The highest BCUT2D eigenvalue weighted by Gasteiger charge is 2.28. The highest BCUT2D eigenvalue weighted by molar-refractivity contribution is 14.0. The number of hydrogen-bond acceptors (Lipinski definition) is 3. The van der Waals surface area contributed by atoms with Crippen LogP contribution in [-0.2, 0) is 4.79 Å². The van der Waals surface area contributed by atoms with Crippen LogP contribution in [-0.4, -0.2) is 60.5 Å². The van der Waals surface area contributed by atoms with Crippen molar-refractivity contribution in [2.75, 3.05) is 39.0 Å². The Labute approximate surface area is 156 Å². The van der Waals surface area contributed by atoms with E-state index in [0.29, 0.717) is 13.1 Å². The summed E-state index contributed by atoms with van der Waals surface area (Å²) < 4.78 is 0.260. The molecule has 0 spiro atoms. The number of nitrogens with one attached hydrogen (secondary N) is 2. The number of carbonyl (C=O) groups excluding carboxylic acids is 1. The minimum absolute atomic E-state index is 0. The molecule has 0 aromatic carbocycles. The molecule has 0 aliphatic carbocycles. The van der Waals surface area contributed by atoms with E-state index in [2.05, 4.69) is 34.4 Å². The third-order valence-corrected chi connectivity index (χ3v) is 4.61. The maximum atomic E-state index is 11.8. The van der Waals surface area contributed by atoms with Crippen molar-refractivity contribution in [3.05, 3.63) is 0 Å². The van der Waals surface area contributed by atoms with Crippen LogP contribution in [0.2, 0.25) is 0 Å². The zero-order valence-corrected chi connectivity index (χ0v) is 17.8. The van der Waals surface area contributed by atoms with E-state index in [-0.39, 0.29) is 40.0 Å². The lowest BCUT2D eigenvalue weighted by Crippen LogP contribution is -2.52. The van der Waals surface area contributed by atoms with Crippen molar-refractivity contribution in [3.63, 3.8) is 0 Å². The zero-order valence-electron chi connectivity index (χ0n) is 14.7. The molecule has 0 unspecified atom stereocenters. The fourth-order valence-electron chi connectivity index (χ4n) is 2.15. The number of nitrogens with zero attached hydrogens (tertiary/aromatic N) is 2. The number of aliphatic imine (C=N–C) groups is 1. The van der Waals surface area contributed by atoms with Crippen LogP contribution in [0.1, 0.15) is 34.6 Å². The molecule has 1 aliphatic rings. The van der Waals surface area contributed by atoms with Crippen LogP contribution >= 0.6 is 35.7 Å². The van der Waals surface area contributed by atoms with Crippen molar-refractivity contribution in [3.8, 4) is 0 Å². The summed E-state index contributed by atoms with van der Waals surface area (Å²) in [6.45, 7) is 13.6. The van der Waals surface area contributed by atoms with E-state index in [4.69, 9.17) is 0 Å². The second-order valence-corrected chi connectivity index (χ2v) is 8.81. The van der Waals surface area contributed by atoms with Gasteiger partial charge in [0.2, 0.25) is 5.91 Å². The van der Waals surface area contributed by atoms with E-state index in [1.807, 2.05) is 39.6 Å². The fourth-order valence-corrected chi connectivity index (χ4v) is 3.26.